The Balaban J connectivity index is 0.000000146. The van der Waals surface area contributed by atoms with Crippen molar-refractivity contribution >= 4 is 0 Å². The second kappa shape index (κ2) is 35.2. The molecule has 0 atom stereocenters. The molecule has 0 saturated carbocycles. The first-order chi connectivity index (χ1) is 56.4. The second-order valence-electron chi connectivity index (χ2n) is 27.7. The minimum absolute atomic E-state index is 0.279. The molecule has 5 aromatic heterocycles. The molecule has 0 N–H and O–H groups in total. The van der Waals surface area contributed by atoms with Crippen molar-refractivity contribution in [1.82, 2.24) is 0 Å². The van der Waals surface area contributed by atoms with Gasteiger partial charge in [-0.25, -0.2) is 22.8 Å². The highest BCUT2D eigenvalue weighted by Gasteiger charge is 2.22. The van der Waals surface area contributed by atoms with Crippen molar-refractivity contribution in [1.29, 1.82) is 0 Å². The van der Waals surface area contributed by atoms with Crippen molar-refractivity contribution in [3.8, 4) is 112 Å². The zero-order chi connectivity index (χ0) is 85.8. The van der Waals surface area contributed by atoms with E-state index in [1.54, 1.807) is 54.3 Å². The molecule has 15 rings (SSSR count). The van der Waals surface area contributed by atoms with Gasteiger partial charge in [0.25, 0.3) is 0 Å². The fraction of sp³-hybridized carbons (Fsp3) is 0.167. The van der Waals surface area contributed by atoms with Gasteiger partial charge < -0.3 is 0 Å². The summed E-state index contributed by atoms with van der Waals surface area (Å²) in [4.78, 5) is 0. The molecular weight excluding hydrogens is 1300 g/mol. The topological polar surface area (TPSA) is 19.4 Å². The lowest BCUT2D eigenvalue weighted by Gasteiger charge is -2.10. The summed E-state index contributed by atoms with van der Waals surface area (Å²) < 4.78 is 103. The first-order valence-corrected chi connectivity index (χ1v) is 36.2. The molecule has 0 bridgehead atoms. The first kappa shape index (κ1) is 61.3. The van der Waals surface area contributed by atoms with Gasteiger partial charge in [-0.1, -0.05) is 241 Å². The van der Waals surface area contributed by atoms with Crippen molar-refractivity contribution in [3.63, 3.8) is 0 Å². The van der Waals surface area contributed by atoms with E-state index >= 15 is 0 Å². The lowest BCUT2D eigenvalue weighted by molar-refractivity contribution is -0.660. The Labute approximate surface area is 654 Å². The standard InChI is InChI=1S/2C21H22N.3C20H20N/c2*1-15-10-11-19(16(2)12-15)21-13-20(17(3)14-22(21)4)18-8-6-5-7-9-18;1-15-9-7-8-12-18(15)20-13-19(16(2)14-21(20)3)17-10-5-4-6-11-17;2*1-15-9-10-19(16(2)13-15)20-14-18(11-12-21(20)3)17-7-5-4-6-8-17/h2*5-14H,1-4H3;3*4-14H,1-3H3/q5*+1/i1D3,3D3;;2D3;1D3;. The third-order valence-electron chi connectivity index (χ3n) is 19.5. The van der Waals surface area contributed by atoms with E-state index in [1.165, 1.54) is 72.6 Å². The van der Waals surface area contributed by atoms with Crippen molar-refractivity contribution in [3.05, 3.63) is 389 Å². The number of pyridine rings is 5. The molecule has 0 unspecified atom stereocenters. The molecular formula is C102H104N5+5. The van der Waals surface area contributed by atoms with Crippen LogP contribution >= 0.6 is 0 Å². The van der Waals surface area contributed by atoms with Crippen LogP contribution in [0.5, 0.6) is 0 Å². The highest BCUT2D eigenvalue weighted by atomic mass is 14.9. The zero-order valence-corrected chi connectivity index (χ0v) is 63.8. The smallest absolute Gasteiger partial charge is 0.201 e. The molecule has 10 aromatic carbocycles. The van der Waals surface area contributed by atoms with Gasteiger partial charge in [0.05, 0.1) is 0 Å². The van der Waals surface area contributed by atoms with Gasteiger partial charge in [-0.3, -0.25) is 0 Å². The van der Waals surface area contributed by atoms with Crippen molar-refractivity contribution in [2.45, 2.75) is 82.8 Å². The molecule has 532 valence electrons. The molecule has 0 amide bonds. The van der Waals surface area contributed by atoms with E-state index in [2.05, 4.69) is 233 Å². The summed E-state index contributed by atoms with van der Waals surface area (Å²) in [5.74, 6) is 0. The first-order valence-electron chi connectivity index (χ1n) is 42.2. The van der Waals surface area contributed by atoms with Crippen LogP contribution in [0.25, 0.3) is 112 Å². The summed E-state index contributed by atoms with van der Waals surface area (Å²) in [6.45, 7) is 8.06. The second-order valence-corrected chi connectivity index (χ2v) is 27.7. The zero-order valence-electron chi connectivity index (χ0n) is 75.8. The summed E-state index contributed by atoms with van der Waals surface area (Å²) in [7, 11) is 9.92. The summed E-state index contributed by atoms with van der Waals surface area (Å²) in [5, 5.41) is 0. The minimum atomic E-state index is -2.25. The van der Waals surface area contributed by atoms with E-state index in [1.807, 2.05) is 148 Å². The fourth-order valence-corrected chi connectivity index (χ4v) is 13.8. The number of hydrogen-bond donors (Lipinski definition) is 0. The van der Waals surface area contributed by atoms with E-state index in [-0.39, 0.29) is 5.56 Å². The fourth-order valence-electron chi connectivity index (χ4n) is 13.8. The number of aryl methyl sites for hydroxylation is 17. The van der Waals surface area contributed by atoms with Crippen LogP contribution in [0, 0.1) is 82.8 Å². The van der Waals surface area contributed by atoms with Crippen LogP contribution in [0.4, 0.5) is 0 Å². The lowest BCUT2D eigenvalue weighted by Crippen LogP contribution is -2.31. The molecule has 15 aromatic rings. The Hall–Kier alpha value is -12.1. The normalized spacial score (nSPS) is 12.8. The van der Waals surface area contributed by atoms with E-state index in [4.69, 9.17) is 16.4 Å². The Kier molecular flexibility index (Phi) is 20.1. The van der Waals surface area contributed by atoms with Gasteiger partial charge in [-0.2, -0.15) is 0 Å². The quantitative estimate of drug-likeness (QED) is 0.122. The van der Waals surface area contributed by atoms with Crippen LogP contribution in [0.2, 0.25) is 0 Å². The Morgan fingerprint density at radius 2 is 0.458 bits per heavy atom. The summed E-state index contributed by atoms with van der Waals surface area (Å²) in [6, 6.07) is 97.2. The molecule has 0 radical (unpaired) electrons. The highest BCUT2D eigenvalue weighted by molar-refractivity contribution is 5.77. The van der Waals surface area contributed by atoms with Gasteiger partial charge in [0.2, 0.25) is 28.5 Å². The maximum Gasteiger partial charge on any atom is 0.213 e. The average Bonchev–Trinajstić information content (AvgIpc) is 0.777. The largest absolute Gasteiger partial charge is 0.213 e. The molecule has 5 nitrogen and oxygen atoms in total. The van der Waals surface area contributed by atoms with Crippen LogP contribution in [-0.2, 0) is 35.2 Å². The number of rotatable bonds is 10. The van der Waals surface area contributed by atoms with Crippen molar-refractivity contribution in [2.24, 2.45) is 35.2 Å². The number of aromatic nitrogens is 5. The molecule has 0 spiro atoms. The van der Waals surface area contributed by atoms with Gasteiger partial charge in [0.15, 0.2) is 31.0 Å². The summed E-state index contributed by atoms with van der Waals surface area (Å²) >= 11 is 0. The van der Waals surface area contributed by atoms with Gasteiger partial charge in [-0.15, -0.1) is 0 Å². The highest BCUT2D eigenvalue weighted by Crippen LogP contribution is 2.34. The molecule has 0 aliphatic carbocycles. The van der Waals surface area contributed by atoms with Crippen LogP contribution in [0.3, 0.4) is 0 Å². The molecule has 0 aliphatic heterocycles. The van der Waals surface area contributed by atoms with E-state index in [9.17, 15) is 0 Å². The average molecular weight is 1410 g/mol. The molecule has 107 heavy (non-hydrogen) atoms. The molecule has 0 fully saturated rings. The predicted octanol–water partition coefficient (Wildman–Crippen LogP) is 22.9. The van der Waals surface area contributed by atoms with Gasteiger partial charge >= 0.3 is 0 Å². The number of nitrogens with zero attached hydrogens (tertiary/aromatic N) is 5. The Morgan fingerprint density at radius 3 is 0.776 bits per heavy atom. The minimum Gasteiger partial charge on any atom is -0.201 e. The van der Waals surface area contributed by atoms with Crippen LogP contribution in [-0.4, -0.2) is 0 Å². The Bertz CT molecular complexity index is 6060. The van der Waals surface area contributed by atoms with E-state index in [0.717, 1.165) is 78.3 Å². The van der Waals surface area contributed by atoms with Crippen molar-refractivity contribution < 1.29 is 39.3 Å². The van der Waals surface area contributed by atoms with E-state index in [0.29, 0.717) is 22.3 Å². The summed E-state index contributed by atoms with van der Waals surface area (Å²) in [5.41, 5.74) is 32.3. The molecule has 0 aliphatic rings. The monoisotopic (exact) mass is 1410 g/mol. The SMILES string of the molecule is Cc1ccc(-c2cc(-c3ccccc3)c(C)c[n+]2C)c(C)c1.Cc1ccc(-c2cc(-c3ccccc3)cc[n+]2C)c(C)c1.[2H]C([2H])([2H])c1c[n+](C)c(-c2ccccc2C)cc1-c1ccccc1.[2H]C([2H])([2H])c1ccc(-c2cc(-c3ccccc3)c(C([2H])([2H])[2H])c[n+]2C)c(C)c1.[2H]C([2H])([2H])c1ccc(-c2cc(-c3ccccc3)cc[n+]2C)c(C)c1. The third kappa shape index (κ3) is 18.9. The molecule has 5 heterocycles. The molecule has 0 saturated heterocycles. The van der Waals surface area contributed by atoms with Gasteiger partial charge in [0.1, 0.15) is 35.2 Å². The van der Waals surface area contributed by atoms with Gasteiger partial charge in [0, 0.05) is 103 Å². The van der Waals surface area contributed by atoms with Crippen LogP contribution < -0.4 is 22.8 Å². The third-order valence-corrected chi connectivity index (χ3v) is 19.5. The molecule has 5 heteroatoms. The Morgan fingerprint density at radius 1 is 0.187 bits per heavy atom. The maximum atomic E-state index is 7.93. The van der Waals surface area contributed by atoms with Crippen molar-refractivity contribution in [2.75, 3.05) is 0 Å². The predicted molar refractivity (Wildman–Crippen MR) is 449 cm³/mol. The lowest BCUT2D eigenvalue weighted by atomic mass is 9.97. The number of hydrogen-bond acceptors (Lipinski definition) is 0. The maximum absolute atomic E-state index is 7.93. The number of benzene rings is 10. The summed E-state index contributed by atoms with van der Waals surface area (Å²) in [6.07, 6.45) is 9.77. The van der Waals surface area contributed by atoms with E-state index < -0.39 is 27.4 Å². The van der Waals surface area contributed by atoms with Crippen LogP contribution in [0.15, 0.2) is 322 Å². The van der Waals surface area contributed by atoms with Gasteiger partial charge in [-0.05, 0) is 197 Å². The van der Waals surface area contributed by atoms with Crippen LogP contribution in [0.1, 0.15) is 83.2 Å².